The summed E-state index contributed by atoms with van der Waals surface area (Å²) < 4.78 is 11.8. The first-order valence-electron chi connectivity index (χ1n) is 7.04. The number of hydrogen-bond acceptors (Lipinski definition) is 2. The van der Waals surface area contributed by atoms with Crippen molar-refractivity contribution < 1.29 is 9.47 Å². The van der Waals surface area contributed by atoms with Crippen molar-refractivity contribution in [1.29, 1.82) is 0 Å². The Morgan fingerprint density at radius 2 is 2.00 bits per heavy atom. The predicted molar refractivity (Wildman–Crippen MR) is 65.6 cm³/mol. The van der Waals surface area contributed by atoms with Crippen LogP contribution in [0.5, 0.6) is 0 Å². The number of rotatable bonds is 4. The third-order valence-corrected chi connectivity index (χ3v) is 4.33. The molecule has 0 amide bonds. The highest BCUT2D eigenvalue weighted by Gasteiger charge is 2.32. The molecule has 2 aliphatic rings. The summed E-state index contributed by atoms with van der Waals surface area (Å²) in [6, 6.07) is 0. The molecule has 0 N–H and O–H groups in total. The molecule has 0 aromatic rings. The van der Waals surface area contributed by atoms with Crippen molar-refractivity contribution in [3.8, 4) is 0 Å². The van der Waals surface area contributed by atoms with Crippen LogP contribution in [-0.4, -0.2) is 25.9 Å². The van der Waals surface area contributed by atoms with Crippen LogP contribution in [0.4, 0.5) is 0 Å². The van der Waals surface area contributed by atoms with Crippen LogP contribution in [0, 0.1) is 5.41 Å². The summed E-state index contributed by atoms with van der Waals surface area (Å²) in [4.78, 5) is 0. The minimum atomic E-state index is 0.329. The summed E-state index contributed by atoms with van der Waals surface area (Å²) in [5.41, 5.74) is 0.329. The zero-order valence-electron chi connectivity index (χ0n) is 10.7. The summed E-state index contributed by atoms with van der Waals surface area (Å²) >= 11 is 0. The van der Waals surface area contributed by atoms with Gasteiger partial charge in [-0.1, -0.05) is 26.2 Å². The van der Waals surface area contributed by atoms with E-state index in [2.05, 4.69) is 6.92 Å². The first-order valence-corrected chi connectivity index (χ1v) is 7.04. The van der Waals surface area contributed by atoms with E-state index in [0.29, 0.717) is 11.5 Å². The lowest BCUT2D eigenvalue weighted by Crippen LogP contribution is -2.37. The molecule has 0 aromatic heterocycles. The van der Waals surface area contributed by atoms with Crippen molar-refractivity contribution in [3.05, 3.63) is 0 Å². The molecular formula is C14H26O2. The van der Waals surface area contributed by atoms with Crippen LogP contribution in [-0.2, 0) is 9.47 Å². The molecule has 16 heavy (non-hydrogen) atoms. The Bertz CT molecular complexity index is 191. The van der Waals surface area contributed by atoms with Gasteiger partial charge in [0, 0.05) is 12.0 Å². The second kappa shape index (κ2) is 6.02. The number of ether oxygens (including phenoxy) is 2. The van der Waals surface area contributed by atoms with Crippen LogP contribution in [0.2, 0.25) is 0 Å². The molecule has 1 saturated carbocycles. The zero-order valence-corrected chi connectivity index (χ0v) is 10.7. The van der Waals surface area contributed by atoms with Gasteiger partial charge >= 0.3 is 0 Å². The molecule has 0 bridgehead atoms. The minimum Gasteiger partial charge on any atom is -0.381 e. The Balaban J connectivity index is 1.77. The van der Waals surface area contributed by atoms with Gasteiger partial charge in [-0.15, -0.1) is 0 Å². The maximum Gasteiger partial charge on any atom is 0.0575 e. The Kier molecular flexibility index (Phi) is 4.66. The highest BCUT2D eigenvalue weighted by Crippen LogP contribution is 2.33. The molecule has 94 valence electrons. The van der Waals surface area contributed by atoms with Gasteiger partial charge in [-0.2, -0.15) is 0 Å². The van der Waals surface area contributed by atoms with E-state index in [-0.39, 0.29) is 0 Å². The van der Waals surface area contributed by atoms with E-state index in [1.807, 2.05) is 0 Å². The largest absolute Gasteiger partial charge is 0.381 e. The van der Waals surface area contributed by atoms with Crippen LogP contribution in [0.15, 0.2) is 0 Å². The van der Waals surface area contributed by atoms with Gasteiger partial charge < -0.3 is 9.47 Å². The van der Waals surface area contributed by atoms with E-state index >= 15 is 0 Å². The average molecular weight is 226 g/mol. The van der Waals surface area contributed by atoms with Crippen molar-refractivity contribution in [3.63, 3.8) is 0 Å². The first kappa shape index (κ1) is 12.4. The Morgan fingerprint density at radius 3 is 2.62 bits per heavy atom. The topological polar surface area (TPSA) is 18.5 Å². The third kappa shape index (κ3) is 3.21. The fraction of sp³-hybridized carbons (Fsp3) is 1.00. The zero-order chi connectivity index (χ0) is 11.3. The van der Waals surface area contributed by atoms with Crippen molar-refractivity contribution in [2.45, 2.75) is 64.4 Å². The van der Waals surface area contributed by atoms with Crippen LogP contribution < -0.4 is 0 Å². The first-order chi connectivity index (χ1) is 7.85. The molecule has 1 aliphatic heterocycles. The van der Waals surface area contributed by atoms with E-state index in [4.69, 9.17) is 9.47 Å². The highest BCUT2D eigenvalue weighted by atomic mass is 16.5. The Morgan fingerprint density at radius 1 is 1.19 bits per heavy atom. The summed E-state index contributed by atoms with van der Waals surface area (Å²) in [7, 11) is 0. The summed E-state index contributed by atoms with van der Waals surface area (Å²) in [5, 5.41) is 0. The van der Waals surface area contributed by atoms with Gasteiger partial charge in [0.25, 0.3) is 0 Å². The predicted octanol–water partition coefficient (Wildman–Crippen LogP) is 3.54. The highest BCUT2D eigenvalue weighted by molar-refractivity contribution is 4.81. The van der Waals surface area contributed by atoms with Gasteiger partial charge in [-0.3, -0.25) is 0 Å². The third-order valence-electron chi connectivity index (χ3n) is 4.33. The molecule has 0 radical (unpaired) electrons. The van der Waals surface area contributed by atoms with Crippen molar-refractivity contribution >= 4 is 0 Å². The fourth-order valence-electron chi connectivity index (χ4n) is 2.93. The van der Waals surface area contributed by atoms with Gasteiger partial charge in [0.05, 0.1) is 19.3 Å². The lowest BCUT2D eigenvalue weighted by molar-refractivity contribution is -0.0868. The second-order valence-corrected chi connectivity index (χ2v) is 5.58. The molecule has 2 nitrogen and oxygen atoms in total. The van der Waals surface area contributed by atoms with Gasteiger partial charge in [0.2, 0.25) is 0 Å². The molecule has 1 atom stereocenters. The van der Waals surface area contributed by atoms with Crippen LogP contribution in [0.25, 0.3) is 0 Å². The van der Waals surface area contributed by atoms with Crippen molar-refractivity contribution in [2.75, 3.05) is 19.8 Å². The summed E-state index contributed by atoms with van der Waals surface area (Å²) in [6.45, 7) is 5.06. The SMILES string of the molecule is CCC1(COC2CCCCC2)CCCOC1. The lowest BCUT2D eigenvalue weighted by atomic mass is 9.81. The number of hydrogen-bond donors (Lipinski definition) is 0. The molecule has 1 saturated heterocycles. The van der Waals surface area contributed by atoms with E-state index in [1.165, 1.54) is 51.4 Å². The molecule has 1 heterocycles. The summed E-state index contributed by atoms with van der Waals surface area (Å²) in [5.74, 6) is 0. The molecule has 0 aromatic carbocycles. The van der Waals surface area contributed by atoms with E-state index in [0.717, 1.165) is 19.8 Å². The lowest BCUT2D eigenvalue weighted by Gasteiger charge is -2.37. The van der Waals surface area contributed by atoms with E-state index < -0.39 is 0 Å². The maximum atomic E-state index is 6.14. The van der Waals surface area contributed by atoms with Gasteiger partial charge in [-0.25, -0.2) is 0 Å². The van der Waals surface area contributed by atoms with Crippen LogP contribution >= 0.6 is 0 Å². The molecule has 1 aliphatic carbocycles. The smallest absolute Gasteiger partial charge is 0.0575 e. The molecule has 2 heteroatoms. The Hall–Kier alpha value is -0.0800. The molecule has 0 spiro atoms. The van der Waals surface area contributed by atoms with E-state index in [9.17, 15) is 0 Å². The molecule has 2 rings (SSSR count). The quantitative estimate of drug-likeness (QED) is 0.730. The molecule has 1 unspecified atom stereocenters. The van der Waals surface area contributed by atoms with Gasteiger partial charge in [-0.05, 0) is 32.1 Å². The van der Waals surface area contributed by atoms with Crippen molar-refractivity contribution in [2.24, 2.45) is 5.41 Å². The molecule has 2 fully saturated rings. The van der Waals surface area contributed by atoms with Crippen molar-refractivity contribution in [1.82, 2.24) is 0 Å². The average Bonchev–Trinajstić information content (AvgIpc) is 2.39. The monoisotopic (exact) mass is 226 g/mol. The molecular weight excluding hydrogens is 200 g/mol. The normalized spacial score (nSPS) is 32.8. The second-order valence-electron chi connectivity index (χ2n) is 5.58. The van der Waals surface area contributed by atoms with Gasteiger partial charge in [0.15, 0.2) is 0 Å². The maximum absolute atomic E-state index is 6.14. The van der Waals surface area contributed by atoms with E-state index in [1.54, 1.807) is 0 Å². The Labute approximate surface area is 99.7 Å². The van der Waals surface area contributed by atoms with Gasteiger partial charge in [0.1, 0.15) is 0 Å². The summed E-state index contributed by atoms with van der Waals surface area (Å²) in [6.07, 6.45) is 10.9. The standard InChI is InChI=1S/C14H26O2/c1-2-14(9-6-10-15-11-14)12-16-13-7-4-3-5-8-13/h13H,2-12H2,1H3. The minimum absolute atomic E-state index is 0.329. The fourth-order valence-corrected chi connectivity index (χ4v) is 2.93. The van der Waals surface area contributed by atoms with Crippen LogP contribution in [0.1, 0.15) is 58.3 Å². The van der Waals surface area contributed by atoms with Crippen LogP contribution in [0.3, 0.4) is 0 Å².